The predicted octanol–water partition coefficient (Wildman–Crippen LogP) is 0.251. The van der Waals surface area contributed by atoms with Crippen LogP contribution in [0.25, 0.3) is 0 Å². The Morgan fingerprint density at radius 3 is 2.56 bits per heavy atom. The van der Waals surface area contributed by atoms with Gasteiger partial charge in [-0.2, -0.15) is 0 Å². The molecule has 1 aromatic rings. The van der Waals surface area contributed by atoms with Crippen molar-refractivity contribution in [1.82, 2.24) is 10.7 Å². The van der Waals surface area contributed by atoms with Crippen LogP contribution in [0.4, 0.5) is 0 Å². The summed E-state index contributed by atoms with van der Waals surface area (Å²) in [5.74, 6) is 6.74. The summed E-state index contributed by atoms with van der Waals surface area (Å²) in [5, 5.41) is 3.03. The number of aliphatic imine (C=N–C) groups is 1. The summed E-state index contributed by atoms with van der Waals surface area (Å²) in [6.45, 7) is 1.80. The second-order valence-corrected chi connectivity index (χ2v) is 3.58. The van der Waals surface area contributed by atoms with E-state index in [1.54, 1.807) is 14.2 Å². The Labute approximate surface area is 107 Å². The molecule has 0 aliphatic carbocycles. The fourth-order valence-electron chi connectivity index (χ4n) is 1.33. The number of hydrogen-bond acceptors (Lipinski definition) is 4. The van der Waals surface area contributed by atoms with E-state index < -0.39 is 0 Å². The molecule has 0 spiro atoms. The summed E-state index contributed by atoms with van der Waals surface area (Å²) >= 11 is 0. The topological polar surface area (TPSA) is 80.9 Å². The molecule has 100 valence electrons. The van der Waals surface area contributed by atoms with Crippen molar-refractivity contribution in [3.05, 3.63) is 29.8 Å². The summed E-state index contributed by atoms with van der Waals surface area (Å²) in [6, 6.07) is 7.73. The lowest BCUT2D eigenvalue weighted by Crippen LogP contribution is -2.42. The van der Waals surface area contributed by atoms with Gasteiger partial charge in [0.25, 0.3) is 0 Å². The van der Waals surface area contributed by atoms with Gasteiger partial charge >= 0.3 is 0 Å². The van der Waals surface area contributed by atoms with E-state index in [1.807, 2.05) is 24.3 Å². The number of hydrazine groups is 1. The van der Waals surface area contributed by atoms with Crippen molar-refractivity contribution < 1.29 is 9.47 Å². The Hall–Kier alpha value is -1.79. The first-order valence-electron chi connectivity index (χ1n) is 5.67. The molecular weight excluding hydrogens is 232 g/mol. The largest absolute Gasteiger partial charge is 0.497 e. The van der Waals surface area contributed by atoms with Crippen molar-refractivity contribution in [2.45, 2.75) is 6.54 Å². The minimum Gasteiger partial charge on any atom is -0.497 e. The Kier molecular flexibility index (Phi) is 6.60. The SMILES string of the molecule is COCCNC(=NCc1ccc(OC)cc1)NN. The fourth-order valence-corrected chi connectivity index (χ4v) is 1.33. The average Bonchev–Trinajstić information content (AvgIpc) is 2.43. The van der Waals surface area contributed by atoms with Crippen molar-refractivity contribution >= 4 is 5.96 Å². The van der Waals surface area contributed by atoms with Crippen LogP contribution >= 0.6 is 0 Å². The van der Waals surface area contributed by atoms with Gasteiger partial charge in [0, 0.05) is 13.7 Å². The minimum absolute atomic E-state index is 0.544. The number of nitrogens with one attached hydrogen (secondary N) is 2. The van der Waals surface area contributed by atoms with Gasteiger partial charge in [-0.3, -0.25) is 5.43 Å². The highest BCUT2D eigenvalue weighted by atomic mass is 16.5. The maximum atomic E-state index is 5.36. The summed E-state index contributed by atoms with van der Waals surface area (Å²) in [6.07, 6.45) is 0. The lowest BCUT2D eigenvalue weighted by Gasteiger charge is -2.08. The first-order chi connectivity index (χ1) is 8.80. The van der Waals surface area contributed by atoms with E-state index in [4.69, 9.17) is 15.3 Å². The first kappa shape index (κ1) is 14.3. The van der Waals surface area contributed by atoms with Gasteiger partial charge in [0.05, 0.1) is 20.3 Å². The standard InChI is InChI=1S/C12H20N4O2/c1-17-8-7-14-12(16-13)15-9-10-3-5-11(18-2)6-4-10/h3-6H,7-9,13H2,1-2H3,(H2,14,15,16). The second kappa shape index (κ2) is 8.32. The highest BCUT2D eigenvalue weighted by Crippen LogP contribution is 2.11. The number of methoxy groups -OCH3 is 2. The summed E-state index contributed by atoms with van der Waals surface area (Å²) in [7, 11) is 3.29. The van der Waals surface area contributed by atoms with Crippen LogP contribution in [0.2, 0.25) is 0 Å². The third-order valence-corrected chi connectivity index (χ3v) is 2.31. The Morgan fingerprint density at radius 1 is 1.28 bits per heavy atom. The molecule has 1 aromatic carbocycles. The van der Waals surface area contributed by atoms with Crippen molar-refractivity contribution in [3.8, 4) is 5.75 Å². The van der Waals surface area contributed by atoms with E-state index in [0.29, 0.717) is 25.7 Å². The van der Waals surface area contributed by atoms with Gasteiger partial charge in [-0.1, -0.05) is 12.1 Å². The van der Waals surface area contributed by atoms with Crippen molar-refractivity contribution in [2.24, 2.45) is 10.8 Å². The molecule has 0 saturated heterocycles. The van der Waals surface area contributed by atoms with E-state index in [9.17, 15) is 0 Å². The molecule has 6 nitrogen and oxygen atoms in total. The van der Waals surface area contributed by atoms with Gasteiger partial charge < -0.3 is 14.8 Å². The quantitative estimate of drug-likeness (QED) is 0.222. The molecule has 0 aromatic heterocycles. The number of hydrogen-bond donors (Lipinski definition) is 3. The van der Waals surface area contributed by atoms with Gasteiger partial charge in [0.1, 0.15) is 5.75 Å². The summed E-state index contributed by atoms with van der Waals surface area (Å²) < 4.78 is 10.0. The van der Waals surface area contributed by atoms with Crippen molar-refractivity contribution in [3.63, 3.8) is 0 Å². The normalized spacial score (nSPS) is 11.2. The summed E-state index contributed by atoms with van der Waals surface area (Å²) in [4.78, 5) is 4.31. The van der Waals surface area contributed by atoms with E-state index in [-0.39, 0.29) is 0 Å². The number of guanidine groups is 1. The molecule has 0 saturated carbocycles. The molecule has 0 aliphatic heterocycles. The Morgan fingerprint density at radius 2 is 2.00 bits per heavy atom. The van der Waals surface area contributed by atoms with Crippen LogP contribution in [0.3, 0.4) is 0 Å². The number of ether oxygens (including phenoxy) is 2. The second-order valence-electron chi connectivity index (χ2n) is 3.58. The van der Waals surface area contributed by atoms with Crippen molar-refractivity contribution in [2.75, 3.05) is 27.4 Å². The molecule has 6 heteroatoms. The lowest BCUT2D eigenvalue weighted by molar-refractivity contribution is 0.203. The maximum absolute atomic E-state index is 5.36. The predicted molar refractivity (Wildman–Crippen MR) is 71.3 cm³/mol. The monoisotopic (exact) mass is 252 g/mol. The van der Waals surface area contributed by atoms with Crippen LogP contribution in [0, 0.1) is 0 Å². The lowest BCUT2D eigenvalue weighted by atomic mass is 10.2. The smallest absolute Gasteiger partial charge is 0.206 e. The van der Waals surface area contributed by atoms with Crippen LogP contribution in [0.5, 0.6) is 5.75 Å². The Bertz CT molecular complexity index is 365. The molecule has 0 amide bonds. The zero-order chi connectivity index (χ0) is 13.2. The highest BCUT2D eigenvalue weighted by molar-refractivity contribution is 5.79. The molecule has 0 unspecified atom stereocenters. The van der Waals surface area contributed by atoms with Crippen molar-refractivity contribution in [1.29, 1.82) is 0 Å². The van der Waals surface area contributed by atoms with Crippen LogP contribution in [0.1, 0.15) is 5.56 Å². The molecule has 0 heterocycles. The Balaban J connectivity index is 2.48. The third-order valence-electron chi connectivity index (χ3n) is 2.31. The highest BCUT2D eigenvalue weighted by Gasteiger charge is 1.96. The first-order valence-corrected chi connectivity index (χ1v) is 5.67. The van der Waals surface area contributed by atoms with Gasteiger partial charge in [-0.15, -0.1) is 0 Å². The molecule has 18 heavy (non-hydrogen) atoms. The molecule has 0 bridgehead atoms. The zero-order valence-corrected chi connectivity index (χ0v) is 10.8. The molecule has 0 atom stereocenters. The van der Waals surface area contributed by atoms with Gasteiger partial charge in [-0.05, 0) is 17.7 Å². The van der Waals surface area contributed by atoms with E-state index in [0.717, 1.165) is 11.3 Å². The third kappa shape index (κ3) is 5.03. The van der Waals surface area contributed by atoms with E-state index >= 15 is 0 Å². The molecule has 0 radical (unpaired) electrons. The maximum Gasteiger partial charge on any atom is 0.206 e. The van der Waals surface area contributed by atoms with Crippen LogP contribution < -0.4 is 21.3 Å². The van der Waals surface area contributed by atoms with Gasteiger partial charge in [0.2, 0.25) is 5.96 Å². The minimum atomic E-state index is 0.544. The average molecular weight is 252 g/mol. The zero-order valence-electron chi connectivity index (χ0n) is 10.8. The van der Waals surface area contributed by atoms with Crippen LogP contribution in [0.15, 0.2) is 29.3 Å². The van der Waals surface area contributed by atoms with E-state index in [1.165, 1.54) is 0 Å². The molecule has 1 rings (SSSR count). The van der Waals surface area contributed by atoms with E-state index in [2.05, 4.69) is 15.7 Å². The molecule has 0 aliphatic rings. The van der Waals surface area contributed by atoms with Gasteiger partial charge in [-0.25, -0.2) is 10.8 Å². The number of nitrogens with zero attached hydrogens (tertiary/aromatic N) is 1. The van der Waals surface area contributed by atoms with Crippen LogP contribution in [-0.2, 0) is 11.3 Å². The molecule has 4 N–H and O–H groups in total. The number of benzene rings is 1. The number of nitrogens with two attached hydrogens (primary N) is 1. The summed E-state index contributed by atoms with van der Waals surface area (Å²) in [5.41, 5.74) is 3.59. The fraction of sp³-hybridized carbons (Fsp3) is 0.417. The molecular formula is C12H20N4O2. The molecule has 0 fully saturated rings. The van der Waals surface area contributed by atoms with Gasteiger partial charge in [0.15, 0.2) is 0 Å². The number of rotatable bonds is 6. The van der Waals surface area contributed by atoms with Crippen LogP contribution in [-0.4, -0.2) is 33.3 Å².